The molecule has 2 aromatic carbocycles. The minimum Gasteiger partial charge on any atom is -0.508 e. The van der Waals surface area contributed by atoms with E-state index in [1.165, 1.54) is 12.1 Å². The van der Waals surface area contributed by atoms with Gasteiger partial charge in [-0.2, -0.15) is 5.10 Å². The van der Waals surface area contributed by atoms with E-state index in [9.17, 15) is 10.2 Å². The molecule has 22 heavy (non-hydrogen) atoms. The zero-order chi connectivity index (χ0) is 15.9. The van der Waals surface area contributed by atoms with Crippen LogP contribution in [0.3, 0.4) is 0 Å². The van der Waals surface area contributed by atoms with E-state index in [1.54, 1.807) is 36.0 Å². The van der Waals surface area contributed by atoms with Crippen LogP contribution in [-0.4, -0.2) is 20.0 Å². The van der Waals surface area contributed by atoms with E-state index in [1.807, 2.05) is 6.07 Å². The number of aryl methyl sites for hydroxylation is 1. The minimum absolute atomic E-state index is 0.103. The Labute approximate surface area is 137 Å². The van der Waals surface area contributed by atoms with Crippen LogP contribution in [0.1, 0.15) is 0 Å². The average Bonchev–Trinajstić information content (AvgIpc) is 2.80. The number of nitrogens with zero attached hydrogens (tertiary/aromatic N) is 2. The van der Waals surface area contributed by atoms with Gasteiger partial charge < -0.3 is 10.2 Å². The van der Waals surface area contributed by atoms with Crippen LogP contribution in [-0.2, 0) is 7.05 Å². The maximum atomic E-state index is 9.45. The number of aromatic nitrogens is 2. The van der Waals surface area contributed by atoms with Crippen molar-refractivity contribution in [2.75, 3.05) is 0 Å². The molecule has 0 spiro atoms. The standard InChI is InChI=1S/C16H12Cl2N2O2/c1-20-16(12-5-3-10(22)7-14(12)18)8-15(19-20)11-4-2-9(21)6-13(11)17/h2-8,21-22H,1H3. The third-order valence-electron chi connectivity index (χ3n) is 3.34. The smallest absolute Gasteiger partial charge is 0.117 e. The van der Waals surface area contributed by atoms with Crippen LogP contribution in [0.15, 0.2) is 42.5 Å². The Morgan fingerprint density at radius 3 is 1.95 bits per heavy atom. The van der Waals surface area contributed by atoms with Crippen molar-refractivity contribution in [2.45, 2.75) is 0 Å². The van der Waals surface area contributed by atoms with Gasteiger partial charge >= 0.3 is 0 Å². The highest BCUT2D eigenvalue weighted by Gasteiger charge is 2.14. The Kier molecular flexibility index (Phi) is 3.72. The fraction of sp³-hybridized carbons (Fsp3) is 0.0625. The van der Waals surface area contributed by atoms with E-state index in [4.69, 9.17) is 23.2 Å². The van der Waals surface area contributed by atoms with Crippen LogP contribution in [0.2, 0.25) is 10.0 Å². The van der Waals surface area contributed by atoms with Crippen molar-refractivity contribution in [3.63, 3.8) is 0 Å². The van der Waals surface area contributed by atoms with Crippen molar-refractivity contribution in [2.24, 2.45) is 7.05 Å². The van der Waals surface area contributed by atoms with E-state index in [2.05, 4.69) is 5.10 Å². The van der Waals surface area contributed by atoms with E-state index in [0.717, 1.165) is 16.8 Å². The van der Waals surface area contributed by atoms with Gasteiger partial charge in [0.1, 0.15) is 11.5 Å². The Morgan fingerprint density at radius 1 is 0.864 bits per heavy atom. The average molecular weight is 335 g/mol. The zero-order valence-corrected chi connectivity index (χ0v) is 13.1. The number of hydrogen-bond donors (Lipinski definition) is 2. The molecule has 0 radical (unpaired) electrons. The van der Waals surface area contributed by atoms with Crippen molar-refractivity contribution in [3.8, 4) is 34.0 Å². The SMILES string of the molecule is Cn1nc(-c2ccc(O)cc2Cl)cc1-c1ccc(O)cc1Cl. The molecule has 0 atom stereocenters. The highest BCUT2D eigenvalue weighted by molar-refractivity contribution is 6.34. The second-order valence-electron chi connectivity index (χ2n) is 4.87. The first-order valence-corrected chi connectivity index (χ1v) is 7.23. The maximum Gasteiger partial charge on any atom is 0.117 e. The summed E-state index contributed by atoms with van der Waals surface area (Å²) in [5, 5.41) is 24.2. The number of phenolic OH excluding ortho intramolecular Hbond substituents is 2. The van der Waals surface area contributed by atoms with Gasteiger partial charge in [-0.15, -0.1) is 0 Å². The molecular formula is C16H12Cl2N2O2. The lowest BCUT2D eigenvalue weighted by Gasteiger charge is -2.04. The Hall–Kier alpha value is -2.17. The number of aromatic hydroxyl groups is 2. The third-order valence-corrected chi connectivity index (χ3v) is 3.96. The number of hydrogen-bond acceptors (Lipinski definition) is 3. The molecule has 0 unspecified atom stereocenters. The summed E-state index contributed by atoms with van der Waals surface area (Å²) in [4.78, 5) is 0. The van der Waals surface area contributed by atoms with E-state index < -0.39 is 0 Å². The van der Waals surface area contributed by atoms with Gasteiger partial charge in [0.2, 0.25) is 0 Å². The summed E-state index contributed by atoms with van der Waals surface area (Å²) < 4.78 is 1.69. The lowest BCUT2D eigenvalue weighted by atomic mass is 10.1. The van der Waals surface area contributed by atoms with E-state index >= 15 is 0 Å². The topological polar surface area (TPSA) is 58.3 Å². The zero-order valence-electron chi connectivity index (χ0n) is 11.6. The first-order valence-electron chi connectivity index (χ1n) is 6.47. The van der Waals surface area contributed by atoms with Gasteiger partial charge in [-0.3, -0.25) is 4.68 Å². The fourth-order valence-corrected chi connectivity index (χ4v) is 2.82. The molecule has 1 aromatic heterocycles. The van der Waals surface area contributed by atoms with Crippen LogP contribution >= 0.6 is 23.2 Å². The number of benzene rings is 2. The summed E-state index contributed by atoms with van der Waals surface area (Å²) in [7, 11) is 1.80. The molecule has 6 heteroatoms. The molecule has 0 amide bonds. The molecule has 0 saturated carbocycles. The summed E-state index contributed by atoms with van der Waals surface area (Å²) in [6.45, 7) is 0. The predicted molar refractivity (Wildman–Crippen MR) is 87.4 cm³/mol. The molecule has 3 aromatic rings. The Morgan fingerprint density at radius 2 is 1.41 bits per heavy atom. The molecular weight excluding hydrogens is 323 g/mol. The van der Waals surface area contributed by atoms with E-state index in [0.29, 0.717) is 15.7 Å². The molecule has 0 saturated heterocycles. The molecule has 112 valence electrons. The normalized spacial score (nSPS) is 10.9. The van der Waals surface area contributed by atoms with Crippen LogP contribution in [0, 0.1) is 0 Å². The fourth-order valence-electron chi connectivity index (χ4n) is 2.27. The van der Waals surface area contributed by atoms with Gasteiger partial charge in [0.05, 0.1) is 21.4 Å². The highest BCUT2D eigenvalue weighted by atomic mass is 35.5. The molecule has 2 N–H and O–H groups in total. The lowest BCUT2D eigenvalue weighted by molar-refractivity contribution is 0.475. The van der Waals surface area contributed by atoms with E-state index in [-0.39, 0.29) is 11.5 Å². The molecule has 0 bridgehead atoms. The minimum atomic E-state index is 0.103. The van der Waals surface area contributed by atoms with Crippen LogP contribution in [0.4, 0.5) is 0 Å². The number of phenols is 2. The molecule has 0 fully saturated rings. The lowest BCUT2D eigenvalue weighted by Crippen LogP contribution is -1.94. The summed E-state index contributed by atoms with van der Waals surface area (Å²) in [5.74, 6) is 0.212. The van der Waals surface area contributed by atoms with Crippen LogP contribution in [0.25, 0.3) is 22.5 Å². The monoisotopic (exact) mass is 334 g/mol. The van der Waals surface area contributed by atoms with Gasteiger partial charge in [-0.05, 0) is 42.5 Å². The summed E-state index contributed by atoms with van der Waals surface area (Å²) in [5.41, 5.74) is 2.95. The van der Waals surface area contributed by atoms with Crippen LogP contribution in [0.5, 0.6) is 11.5 Å². The van der Waals surface area contributed by atoms with Crippen molar-refractivity contribution in [3.05, 3.63) is 52.5 Å². The summed E-state index contributed by atoms with van der Waals surface area (Å²) >= 11 is 12.3. The quantitative estimate of drug-likeness (QED) is 0.726. The second kappa shape index (κ2) is 5.55. The number of rotatable bonds is 2. The van der Waals surface area contributed by atoms with Gasteiger partial charge in [-0.25, -0.2) is 0 Å². The molecule has 0 aliphatic heterocycles. The Balaban J connectivity index is 2.11. The molecule has 4 nitrogen and oxygen atoms in total. The first kappa shape index (κ1) is 14.8. The second-order valence-corrected chi connectivity index (χ2v) is 5.68. The van der Waals surface area contributed by atoms with Crippen molar-refractivity contribution >= 4 is 23.2 Å². The van der Waals surface area contributed by atoms with Gasteiger partial charge in [-0.1, -0.05) is 23.2 Å². The Bertz CT molecular complexity index is 859. The maximum absolute atomic E-state index is 9.45. The first-order chi connectivity index (χ1) is 10.5. The third kappa shape index (κ3) is 2.63. The number of halogens is 2. The molecule has 3 rings (SSSR count). The predicted octanol–water partition coefficient (Wildman–Crippen LogP) is 4.47. The largest absolute Gasteiger partial charge is 0.508 e. The van der Waals surface area contributed by atoms with Gasteiger partial charge in [0.25, 0.3) is 0 Å². The highest BCUT2D eigenvalue weighted by Crippen LogP contribution is 2.35. The van der Waals surface area contributed by atoms with Gasteiger partial charge in [0, 0.05) is 18.2 Å². The summed E-state index contributed by atoms with van der Waals surface area (Å²) in [6, 6.07) is 11.4. The summed E-state index contributed by atoms with van der Waals surface area (Å²) in [6.07, 6.45) is 0. The molecule has 0 aliphatic rings. The van der Waals surface area contributed by atoms with Crippen molar-refractivity contribution in [1.82, 2.24) is 9.78 Å². The molecule has 1 heterocycles. The van der Waals surface area contributed by atoms with Crippen LogP contribution < -0.4 is 0 Å². The molecule has 0 aliphatic carbocycles. The van der Waals surface area contributed by atoms with Crippen molar-refractivity contribution in [1.29, 1.82) is 0 Å². The van der Waals surface area contributed by atoms with Gasteiger partial charge in [0.15, 0.2) is 0 Å². The van der Waals surface area contributed by atoms with Crippen molar-refractivity contribution < 1.29 is 10.2 Å².